The minimum Gasteiger partial charge on any atom is -0.481 e. The second-order valence-electron chi connectivity index (χ2n) is 4.47. The van der Waals surface area contributed by atoms with Gasteiger partial charge in [-0.05, 0) is 34.0 Å². The Morgan fingerprint density at radius 2 is 1.95 bits per heavy atom. The first-order valence-electron chi connectivity index (χ1n) is 5.72. The molecule has 0 spiro atoms. The molecule has 1 rings (SSSR count). The van der Waals surface area contributed by atoms with Crippen molar-refractivity contribution in [1.82, 2.24) is 4.72 Å². The van der Waals surface area contributed by atoms with Crippen LogP contribution < -0.4 is 4.72 Å². The number of halogens is 1. The van der Waals surface area contributed by atoms with Gasteiger partial charge in [-0.25, -0.2) is 13.1 Å². The molecule has 1 unspecified atom stereocenters. The number of nitrogens with one attached hydrogen (secondary N) is 1. The van der Waals surface area contributed by atoms with Gasteiger partial charge in [0.15, 0.2) is 0 Å². The third kappa shape index (κ3) is 4.29. The molecule has 1 aromatic rings. The topological polar surface area (TPSA) is 83.5 Å². The van der Waals surface area contributed by atoms with E-state index in [-0.39, 0.29) is 17.4 Å². The predicted molar refractivity (Wildman–Crippen MR) is 75.3 cm³/mol. The summed E-state index contributed by atoms with van der Waals surface area (Å²) in [6.07, 6.45) is 0. The molecule has 1 atom stereocenters. The summed E-state index contributed by atoms with van der Waals surface area (Å²) in [4.78, 5) is 11.1. The molecule has 0 saturated heterocycles. The number of aliphatic carboxylic acids is 1. The fourth-order valence-electron chi connectivity index (χ4n) is 1.55. The Kier molecular flexibility index (Phi) is 5.51. The van der Waals surface area contributed by atoms with Crippen molar-refractivity contribution in [3.05, 3.63) is 28.7 Å². The molecular formula is C12H16BrNO4S. The molecule has 0 radical (unpaired) electrons. The van der Waals surface area contributed by atoms with Gasteiger partial charge in [-0.1, -0.05) is 26.0 Å². The molecule has 0 bridgehead atoms. The average molecular weight is 350 g/mol. The molecule has 2 N–H and O–H groups in total. The number of hydrogen-bond donors (Lipinski definition) is 2. The second-order valence-corrected chi connectivity index (χ2v) is 7.06. The van der Waals surface area contributed by atoms with Gasteiger partial charge in [0, 0.05) is 11.0 Å². The molecule has 5 nitrogen and oxygen atoms in total. The SMILES string of the molecule is CC(C)C(CNS(=O)(=O)c1ccccc1Br)C(=O)O. The van der Waals surface area contributed by atoms with Crippen LogP contribution in [0.4, 0.5) is 0 Å². The summed E-state index contributed by atoms with van der Waals surface area (Å²) < 4.78 is 26.9. The average Bonchev–Trinajstić information content (AvgIpc) is 2.28. The Morgan fingerprint density at radius 1 is 1.37 bits per heavy atom. The van der Waals surface area contributed by atoms with Crippen LogP contribution in [0.3, 0.4) is 0 Å². The molecular weight excluding hydrogens is 334 g/mol. The van der Waals surface area contributed by atoms with Gasteiger partial charge in [0.25, 0.3) is 0 Å². The van der Waals surface area contributed by atoms with Crippen molar-refractivity contribution in [3.63, 3.8) is 0 Å². The largest absolute Gasteiger partial charge is 0.481 e. The minimum atomic E-state index is -3.71. The third-order valence-electron chi connectivity index (χ3n) is 2.74. The highest BCUT2D eigenvalue weighted by Gasteiger charge is 2.25. The van der Waals surface area contributed by atoms with Crippen LogP contribution in [0.5, 0.6) is 0 Å². The number of rotatable bonds is 6. The highest BCUT2D eigenvalue weighted by molar-refractivity contribution is 9.10. The lowest BCUT2D eigenvalue weighted by atomic mass is 9.97. The van der Waals surface area contributed by atoms with Crippen LogP contribution in [0.15, 0.2) is 33.6 Å². The number of carboxylic acids is 1. The minimum absolute atomic E-state index is 0.0999. The summed E-state index contributed by atoms with van der Waals surface area (Å²) in [7, 11) is -3.71. The van der Waals surface area contributed by atoms with Gasteiger partial charge < -0.3 is 5.11 Å². The van der Waals surface area contributed by atoms with Crippen molar-refractivity contribution >= 4 is 31.9 Å². The summed E-state index contributed by atoms with van der Waals surface area (Å²) in [6, 6.07) is 6.39. The number of carbonyl (C=O) groups is 1. The van der Waals surface area contributed by atoms with Crippen LogP contribution in [0.1, 0.15) is 13.8 Å². The lowest BCUT2D eigenvalue weighted by Gasteiger charge is -2.17. The van der Waals surface area contributed by atoms with Crippen LogP contribution in [0.2, 0.25) is 0 Å². The molecule has 0 aliphatic rings. The van der Waals surface area contributed by atoms with Gasteiger partial charge in [-0.3, -0.25) is 4.79 Å². The van der Waals surface area contributed by atoms with E-state index in [0.717, 1.165) is 0 Å². The van der Waals surface area contributed by atoms with Crippen molar-refractivity contribution in [3.8, 4) is 0 Å². The van der Waals surface area contributed by atoms with Crippen molar-refractivity contribution < 1.29 is 18.3 Å². The molecule has 0 amide bonds. The molecule has 1 aromatic carbocycles. The molecule has 0 heterocycles. The number of sulfonamides is 1. The van der Waals surface area contributed by atoms with E-state index in [4.69, 9.17) is 5.11 Å². The summed E-state index contributed by atoms with van der Waals surface area (Å²) >= 11 is 3.16. The summed E-state index contributed by atoms with van der Waals surface area (Å²) in [5.74, 6) is -1.92. The molecule has 0 aromatic heterocycles. The lowest BCUT2D eigenvalue weighted by Crippen LogP contribution is -2.35. The van der Waals surface area contributed by atoms with Crippen LogP contribution >= 0.6 is 15.9 Å². The van der Waals surface area contributed by atoms with E-state index in [2.05, 4.69) is 20.7 Å². The second kappa shape index (κ2) is 6.49. The molecule has 19 heavy (non-hydrogen) atoms. The molecule has 0 aliphatic carbocycles. The van der Waals surface area contributed by atoms with E-state index >= 15 is 0 Å². The normalized spacial score (nSPS) is 13.5. The fraction of sp³-hybridized carbons (Fsp3) is 0.417. The Balaban J connectivity index is 2.87. The van der Waals surface area contributed by atoms with E-state index in [1.54, 1.807) is 32.0 Å². The highest BCUT2D eigenvalue weighted by atomic mass is 79.9. The smallest absolute Gasteiger partial charge is 0.308 e. The number of carboxylic acid groups (broad SMARTS) is 1. The molecule has 106 valence electrons. The zero-order valence-electron chi connectivity index (χ0n) is 10.6. The van der Waals surface area contributed by atoms with Crippen molar-refractivity contribution in [2.45, 2.75) is 18.7 Å². The van der Waals surface area contributed by atoms with E-state index in [1.807, 2.05) is 0 Å². The predicted octanol–water partition coefficient (Wildman–Crippen LogP) is 2.08. The maximum Gasteiger partial charge on any atom is 0.308 e. The van der Waals surface area contributed by atoms with Gasteiger partial charge in [0.1, 0.15) is 0 Å². The highest BCUT2D eigenvalue weighted by Crippen LogP contribution is 2.21. The van der Waals surface area contributed by atoms with Gasteiger partial charge in [0.05, 0.1) is 10.8 Å². The van der Waals surface area contributed by atoms with E-state index < -0.39 is 21.9 Å². The van der Waals surface area contributed by atoms with Crippen LogP contribution in [0, 0.1) is 11.8 Å². The van der Waals surface area contributed by atoms with Crippen molar-refractivity contribution in [1.29, 1.82) is 0 Å². The number of hydrogen-bond acceptors (Lipinski definition) is 3. The Hall–Kier alpha value is -0.920. The third-order valence-corrected chi connectivity index (χ3v) is 5.18. The Morgan fingerprint density at radius 3 is 2.42 bits per heavy atom. The maximum absolute atomic E-state index is 12.1. The zero-order chi connectivity index (χ0) is 14.6. The standard InChI is InChI=1S/C12H16BrNO4S/c1-8(2)9(12(15)16)7-14-19(17,18)11-6-4-3-5-10(11)13/h3-6,8-9,14H,7H2,1-2H3,(H,15,16). The van der Waals surface area contributed by atoms with E-state index in [0.29, 0.717) is 4.47 Å². The molecule has 7 heteroatoms. The Labute approximate surface area is 121 Å². The maximum atomic E-state index is 12.1. The number of benzene rings is 1. The monoisotopic (exact) mass is 349 g/mol. The van der Waals surface area contributed by atoms with Gasteiger partial charge in [-0.2, -0.15) is 0 Å². The van der Waals surface area contributed by atoms with E-state index in [9.17, 15) is 13.2 Å². The van der Waals surface area contributed by atoms with Gasteiger partial charge in [-0.15, -0.1) is 0 Å². The lowest BCUT2D eigenvalue weighted by molar-refractivity contribution is -0.142. The molecule has 0 aliphatic heterocycles. The summed E-state index contributed by atoms with van der Waals surface area (Å²) in [5.41, 5.74) is 0. The quantitative estimate of drug-likeness (QED) is 0.823. The summed E-state index contributed by atoms with van der Waals surface area (Å²) in [5, 5.41) is 9.02. The first-order chi connectivity index (χ1) is 8.75. The first kappa shape index (κ1) is 16.1. The molecule has 0 fully saturated rings. The zero-order valence-corrected chi connectivity index (χ0v) is 13.0. The van der Waals surface area contributed by atoms with Crippen molar-refractivity contribution in [2.75, 3.05) is 6.54 Å². The van der Waals surface area contributed by atoms with Crippen LogP contribution in [-0.2, 0) is 14.8 Å². The van der Waals surface area contributed by atoms with Crippen LogP contribution in [-0.4, -0.2) is 26.0 Å². The first-order valence-corrected chi connectivity index (χ1v) is 8.00. The Bertz CT molecular complexity index is 557. The van der Waals surface area contributed by atoms with Crippen molar-refractivity contribution in [2.24, 2.45) is 11.8 Å². The van der Waals surface area contributed by atoms with Crippen LogP contribution in [0.25, 0.3) is 0 Å². The summed E-state index contributed by atoms with van der Waals surface area (Å²) in [6.45, 7) is 3.35. The fourth-order valence-corrected chi connectivity index (χ4v) is 3.61. The van der Waals surface area contributed by atoms with Gasteiger partial charge >= 0.3 is 5.97 Å². The molecule has 0 saturated carbocycles. The van der Waals surface area contributed by atoms with Gasteiger partial charge in [0.2, 0.25) is 10.0 Å². The van der Waals surface area contributed by atoms with E-state index in [1.165, 1.54) is 6.07 Å².